The van der Waals surface area contributed by atoms with Crippen LogP contribution in [0.3, 0.4) is 0 Å². The molecule has 0 aliphatic carbocycles. The topological polar surface area (TPSA) is 75.7 Å². The van der Waals surface area contributed by atoms with Crippen molar-refractivity contribution in [2.24, 2.45) is 0 Å². The Morgan fingerprint density at radius 1 is 1.07 bits per heavy atom. The van der Waals surface area contributed by atoms with Gasteiger partial charge < -0.3 is 10.1 Å². The third kappa shape index (κ3) is 5.48. The van der Waals surface area contributed by atoms with Crippen molar-refractivity contribution < 1.29 is 17.9 Å². The number of carbonyl (C=O) groups is 1. The summed E-state index contributed by atoms with van der Waals surface area (Å²) >= 11 is 0. The summed E-state index contributed by atoms with van der Waals surface area (Å²) in [7, 11) is -3.92. The molecular formula is C21H28N2O4S. The zero-order valence-corrected chi connectivity index (χ0v) is 17.6. The zero-order valence-electron chi connectivity index (χ0n) is 16.8. The number of carbonyl (C=O) groups excluding carboxylic acids is 1. The second-order valence-electron chi connectivity index (χ2n) is 6.63. The molecule has 0 aliphatic heterocycles. The van der Waals surface area contributed by atoms with Crippen LogP contribution in [-0.2, 0) is 14.8 Å². The highest BCUT2D eigenvalue weighted by Gasteiger charge is 2.27. The standard InChI is InChI=1S/C21H28N2O4S/c1-5-17(4)22-21(24)15-23(18-9-7-16(3)8-10-18)28(25,26)20-13-11-19(12-14-20)27-6-2/h7-14,17H,5-6,15H2,1-4H3,(H,22,24)/t17-/m1/s1. The lowest BCUT2D eigenvalue weighted by Crippen LogP contribution is -2.43. The van der Waals surface area contributed by atoms with Crippen molar-refractivity contribution in [3.05, 3.63) is 54.1 Å². The minimum Gasteiger partial charge on any atom is -0.494 e. The van der Waals surface area contributed by atoms with Gasteiger partial charge in [0.1, 0.15) is 12.3 Å². The summed E-state index contributed by atoms with van der Waals surface area (Å²) in [5.41, 5.74) is 1.45. The molecule has 0 spiro atoms. The highest BCUT2D eigenvalue weighted by molar-refractivity contribution is 7.92. The van der Waals surface area contributed by atoms with Crippen LogP contribution in [0.5, 0.6) is 5.75 Å². The van der Waals surface area contributed by atoms with Crippen molar-refractivity contribution in [2.45, 2.75) is 45.1 Å². The third-order valence-corrected chi connectivity index (χ3v) is 6.14. The van der Waals surface area contributed by atoms with E-state index in [4.69, 9.17) is 4.74 Å². The number of benzene rings is 2. The molecule has 0 heterocycles. The van der Waals surface area contributed by atoms with Crippen molar-refractivity contribution >= 4 is 21.6 Å². The smallest absolute Gasteiger partial charge is 0.264 e. The van der Waals surface area contributed by atoms with E-state index in [9.17, 15) is 13.2 Å². The Balaban J connectivity index is 2.38. The van der Waals surface area contributed by atoms with Crippen LogP contribution >= 0.6 is 0 Å². The lowest BCUT2D eigenvalue weighted by molar-refractivity contribution is -0.120. The predicted molar refractivity (Wildman–Crippen MR) is 111 cm³/mol. The Kier molecular flexibility index (Phi) is 7.45. The van der Waals surface area contributed by atoms with Gasteiger partial charge in [-0.1, -0.05) is 24.6 Å². The zero-order chi connectivity index (χ0) is 20.7. The molecule has 1 amide bonds. The first-order valence-electron chi connectivity index (χ1n) is 9.39. The molecule has 1 N–H and O–H groups in total. The number of rotatable bonds is 9. The normalized spacial score (nSPS) is 12.3. The lowest BCUT2D eigenvalue weighted by atomic mass is 10.2. The van der Waals surface area contributed by atoms with Gasteiger partial charge in [-0.2, -0.15) is 0 Å². The molecule has 0 saturated heterocycles. The quantitative estimate of drug-likeness (QED) is 0.694. The average molecular weight is 405 g/mol. The van der Waals surface area contributed by atoms with Crippen molar-refractivity contribution in [3.63, 3.8) is 0 Å². The average Bonchev–Trinajstić information content (AvgIpc) is 2.67. The van der Waals surface area contributed by atoms with E-state index in [0.29, 0.717) is 18.0 Å². The molecule has 28 heavy (non-hydrogen) atoms. The van der Waals surface area contributed by atoms with Gasteiger partial charge in [0.05, 0.1) is 17.2 Å². The maximum atomic E-state index is 13.3. The molecule has 152 valence electrons. The van der Waals surface area contributed by atoms with Crippen molar-refractivity contribution in [1.29, 1.82) is 0 Å². The van der Waals surface area contributed by atoms with E-state index in [1.54, 1.807) is 24.3 Å². The molecule has 0 bridgehead atoms. The minimum absolute atomic E-state index is 0.0273. The molecular weight excluding hydrogens is 376 g/mol. The molecule has 7 heteroatoms. The van der Waals surface area contributed by atoms with Crippen molar-refractivity contribution in [2.75, 3.05) is 17.5 Å². The third-order valence-electron chi connectivity index (χ3n) is 4.35. The SMILES string of the molecule is CCOc1ccc(S(=O)(=O)N(CC(=O)N[C@H](C)CC)c2ccc(C)cc2)cc1. The van der Waals surface area contributed by atoms with Crippen LogP contribution in [0, 0.1) is 6.92 Å². The number of aryl methyl sites for hydroxylation is 1. The van der Waals surface area contributed by atoms with Gasteiger partial charge in [-0.05, 0) is 63.6 Å². The Labute approximate surface area is 167 Å². The van der Waals surface area contributed by atoms with Gasteiger partial charge in [0.15, 0.2) is 0 Å². The number of sulfonamides is 1. The number of nitrogens with one attached hydrogen (secondary N) is 1. The number of amides is 1. The Hall–Kier alpha value is -2.54. The van der Waals surface area contributed by atoms with Gasteiger partial charge >= 0.3 is 0 Å². The van der Waals surface area contributed by atoms with E-state index >= 15 is 0 Å². The van der Waals surface area contributed by atoms with E-state index in [1.165, 1.54) is 12.1 Å². The molecule has 0 fully saturated rings. The van der Waals surface area contributed by atoms with Gasteiger partial charge in [0, 0.05) is 6.04 Å². The number of hydrogen-bond acceptors (Lipinski definition) is 4. The first kappa shape index (κ1) is 21.8. The number of anilines is 1. The first-order valence-corrected chi connectivity index (χ1v) is 10.8. The highest BCUT2D eigenvalue weighted by atomic mass is 32.2. The maximum Gasteiger partial charge on any atom is 0.264 e. The number of hydrogen-bond donors (Lipinski definition) is 1. The molecule has 0 aliphatic rings. The van der Waals surface area contributed by atoms with Gasteiger partial charge in [-0.3, -0.25) is 9.10 Å². The van der Waals surface area contributed by atoms with E-state index in [-0.39, 0.29) is 23.4 Å². The summed E-state index contributed by atoms with van der Waals surface area (Å²) in [6.45, 7) is 7.83. The fourth-order valence-corrected chi connectivity index (χ4v) is 4.00. The summed E-state index contributed by atoms with van der Waals surface area (Å²) in [5, 5.41) is 2.83. The molecule has 2 aromatic carbocycles. The Morgan fingerprint density at radius 2 is 1.68 bits per heavy atom. The summed E-state index contributed by atoms with van der Waals surface area (Å²) in [4.78, 5) is 12.5. The van der Waals surface area contributed by atoms with Crippen LogP contribution in [0.4, 0.5) is 5.69 Å². The van der Waals surface area contributed by atoms with Gasteiger partial charge in [0.25, 0.3) is 10.0 Å². The van der Waals surface area contributed by atoms with Gasteiger partial charge in [0.2, 0.25) is 5.91 Å². The van der Waals surface area contributed by atoms with E-state index in [1.807, 2.05) is 39.8 Å². The van der Waals surface area contributed by atoms with E-state index < -0.39 is 10.0 Å². The fraction of sp³-hybridized carbons (Fsp3) is 0.381. The Bertz CT molecular complexity index is 878. The molecule has 1 atom stereocenters. The first-order chi connectivity index (χ1) is 13.3. The van der Waals surface area contributed by atoms with Crippen LogP contribution in [-0.4, -0.2) is 33.5 Å². The molecule has 2 rings (SSSR count). The summed E-state index contributed by atoms with van der Waals surface area (Å²) in [6, 6.07) is 13.2. The summed E-state index contributed by atoms with van der Waals surface area (Å²) in [6.07, 6.45) is 0.766. The minimum atomic E-state index is -3.92. The van der Waals surface area contributed by atoms with E-state index in [0.717, 1.165) is 16.3 Å². The number of nitrogens with zero attached hydrogens (tertiary/aromatic N) is 1. The molecule has 0 saturated carbocycles. The fourth-order valence-electron chi connectivity index (χ4n) is 2.58. The van der Waals surface area contributed by atoms with Crippen LogP contribution in [0.25, 0.3) is 0 Å². The maximum absolute atomic E-state index is 13.3. The molecule has 6 nitrogen and oxygen atoms in total. The van der Waals surface area contributed by atoms with Gasteiger partial charge in [-0.15, -0.1) is 0 Å². The summed E-state index contributed by atoms with van der Waals surface area (Å²) < 4.78 is 33.1. The van der Waals surface area contributed by atoms with Crippen LogP contribution < -0.4 is 14.4 Å². The largest absolute Gasteiger partial charge is 0.494 e. The molecule has 0 aromatic heterocycles. The molecule has 0 radical (unpaired) electrons. The van der Waals surface area contributed by atoms with E-state index in [2.05, 4.69) is 5.32 Å². The van der Waals surface area contributed by atoms with Crippen LogP contribution in [0.15, 0.2) is 53.4 Å². The van der Waals surface area contributed by atoms with Crippen LogP contribution in [0.1, 0.15) is 32.8 Å². The van der Waals surface area contributed by atoms with Crippen molar-refractivity contribution in [1.82, 2.24) is 5.32 Å². The second-order valence-corrected chi connectivity index (χ2v) is 8.49. The molecule has 2 aromatic rings. The monoisotopic (exact) mass is 404 g/mol. The van der Waals surface area contributed by atoms with Crippen LogP contribution in [0.2, 0.25) is 0 Å². The molecule has 0 unspecified atom stereocenters. The predicted octanol–water partition coefficient (Wildman–Crippen LogP) is 3.50. The Morgan fingerprint density at radius 3 is 2.21 bits per heavy atom. The lowest BCUT2D eigenvalue weighted by Gasteiger charge is -2.25. The number of ether oxygens (including phenoxy) is 1. The summed E-state index contributed by atoms with van der Waals surface area (Å²) in [5.74, 6) is 0.252. The van der Waals surface area contributed by atoms with Gasteiger partial charge in [-0.25, -0.2) is 8.42 Å². The highest BCUT2D eigenvalue weighted by Crippen LogP contribution is 2.25. The second kappa shape index (κ2) is 9.59. The van der Waals surface area contributed by atoms with Crippen molar-refractivity contribution in [3.8, 4) is 5.75 Å².